The second kappa shape index (κ2) is 5.20. The van der Waals surface area contributed by atoms with Crippen molar-refractivity contribution >= 4 is 15.5 Å². The van der Waals surface area contributed by atoms with E-state index in [0.29, 0.717) is 5.69 Å². The van der Waals surface area contributed by atoms with Crippen LogP contribution in [-0.2, 0) is 15.8 Å². The minimum atomic E-state index is -4.09. The molecule has 106 valence electrons. The van der Waals surface area contributed by atoms with E-state index < -0.39 is 21.5 Å². The van der Waals surface area contributed by atoms with Crippen molar-refractivity contribution in [2.24, 2.45) is 0 Å². The number of sulfone groups is 1. The molecule has 2 aromatic carbocycles. The summed E-state index contributed by atoms with van der Waals surface area (Å²) < 4.78 is 52.0. The van der Waals surface area contributed by atoms with Crippen molar-refractivity contribution in [1.29, 1.82) is 0 Å². The predicted molar refractivity (Wildman–Crippen MR) is 73.2 cm³/mol. The number of nitrogens with two attached hydrogens (primary N) is 1. The van der Waals surface area contributed by atoms with Gasteiger partial charge >= 0.3 is 0 Å². The van der Waals surface area contributed by atoms with Crippen LogP contribution in [0, 0.1) is 0 Å². The first-order chi connectivity index (χ1) is 9.31. The topological polar surface area (TPSA) is 60.2 Å². The van der Waals surface area contributed by atoms with E-state index in [1.54, 1.807) is 6.07 Å². The summed E-state index contributed by atoms with van der Waals surface area (Å²) in [6.45, 7) is 0. The first-order valence-corrected chi connectivity index (χ1v) is 7.48. The van der Waals surface area contributed by atoms with Crippen LogP contribution >= 0.6 is 0 Å². The Kier molecular flexibility index (Phi) is 3.76. The highest BCUT2D eigenvalue weighted by atomic mass is 32.2. The molecule has 0 atom stereocenters. The monoisotopic (exact) mass is 297 g/mol. The van der Waals surface area contributed by atoms with Crippen LogP contribution in [0.5, 0.6) is 0 Å². The highest BCUT2D eigenvalue weighted by Crippen LogP contribution is 2.31. The van der Waals surface area contributed by atoms with E-state index in [2.05, 4.69) is 0 Å². The summed E-state index contributed by atoms with van der Waals surface area (Å²) in [4.78, 5) is -0.165. The number of anilines is 1. The summed E-state index contributed by atoms with van der Waals surface area (Å²) in [6, 6.07) is 12.1. The second-order valence-electron chi connectivity index (χ2n) is 4.40. The fraction of sp³-hybridized carbons (Fsp3) is 0.143. The maximum Gasteiger partial charge on any atom is 0.287 e. The van der Waals surface area contributed by atoms with Gasteiger partial charge in [0.1, 0.15) is 5.75 Å². The Hall–Kier alpha value is -1.95. The molecule has 0 aliphatic carbocycles. The molecule has 0 aromatic heterocycles. The van der Waals surface area contributed by atoms with E-state index in [1.165, 1.54) is 48.5 Å². The number of halogens is 2. The lowest BCUT2D eigenvalue weighted by molar-refractivity contribution is 0.0213. The molecule has 2 N–H and O–H groups in total. The van der Waals surface area contributed by atoms with Crippen molar-refractivity contribution in [3.63, 3.8) is 0 Å². The minimum absolute atomic E-state index is 0.165. The summed E-state index contributed by atoms with van der Waals surface area (Å²) in [5.74, 6) is -4.71. The quantitative estimate of drug-likeness (QED) is 0.883. The van der Waals surface area contributed by atoms with Crippen LogP contribution in [0.1, 0.15) is 5.56 Å². The standard InChI is InChI=1S/C14H13F2NO2S/c15-14(16,11-4-2-1-3-5-11)10-20(18,19)13-8-6-12(17)7-9-13/h1-9H,10,17H2. The van der Waals surface area contributed by atoms with Gasteiger partial charge in [-0.1, -0.05) is 30.3 Å². The Morgan fingerprint density at radius 2 is 1.50 bits per heavy atom. The van der Waals surface area contributed by atoms with Gasteiger partial charge in [0, 0.05) is 11.3 Å². The maximum atomic E-state index is 14.0. The van der Waals surface area contributed by atoms with Crippen molar-refractivity contribution < 1.29 is 17.2 Å². The lowest BCUT2D eigenvalue weighted by Gasteiger charge is -2.16. The number of hydrogen-bond acceptors (Lipinski definition) is 3. The number of alkyl halides is 2. The first-order valence-electron chi connectivity index (χ1n) is 5.83. The van der Waals surface area contributed by atoms with Crippen molar-refractivity contribution in [2.75, 3.05) is 11.5 Å². The zero-order valence-corrected chi connectivity index (χ0v) is 11.3. The third-order valence-electron chi connectivity index (χ3n) is 2.81. The van der Waals surface area contributed by atoms with Crippen LogP contribution in [0.25, 0.3) is 0 Å². The van der Waals surface area contributed by atoms with E-state index in [1.807, 2.05) is 0 Å². The molecule has 0 spiro atoms. The summed E-state index contributed by atoms with van der Waals surface area (Å²) in [5, 5.41) is 0. The Labute approximate surface area is 116 Å². The van der Waals surface area contributed by atoms with E-state index in [9.17, 15) is 17.2 Å². The van der Waals surface area contributed by atoms with Gasteiger partial charge in [-0.3, -0.25) is 0 Å². The molecular weight excluding hydrogens is 284 g/mol. The molecule has 0 fully saturated rings. The zero-order valence-electron chi connectivity index (χ0n) is 10.5. The fourth-order valence-corrected chi connectivity index (χ4v) is 3.12. The predicted octanol–water partition coefficient (Wildman–Crippen LogP) is 2.83. The summed E-state index contributed by atoms with van der Waals surface area (Å²) in [5.41, 5.74) is 5.50. The normalized spacial score (nSPS) is 12.3. The van der Waals surface area contributed by atoms with Crippen molar-refractivity contribution in [2.45, 2.75) is 10.8 Å². The number of hydrogen-bond donors (Lipinski definition) is 1. The summed E-state index contributed by atoms with van der Waals surface area (Å²) in [7, 11) is -4.09. The molecule has 0 amide bonds. The van der Waals surface area contributed by atoms with Crippen LogP contribution in [0.2, 0.25) is 0 Å². The van der Waals surface area contributed by atoms with E-state index in [0.717, 1.165) is 0 Å². The molecule has 0 radical (unpaired) electrons. The highest BCUT2D eigenvalue weighted by Gasteiger charge is 2.37. The molecule has 0 saturated carbocycles. The lowest BCUT2D eigenvalue weighted by atomic mass is 10.1. The average molecular weight is 297 g/mol. The molecule has 0 bridgehead atoms. The lowest BCUT2D eigenvalue weighted by Crippen LogP contribution is -2.25. The number of nitrogen functional groups attached to an aromatic ring is 1. The fourth-order valence-electron chi connectivity index (χ4n) is 1.76. The smallest absolute Gasteiger partial charge is 0.287 e. The van der Waals surface area contributed by atoms with Crippen LogP contribution < -0.4 is 5.73 Å². The number of benzene rings is 2. The second-order valence-corrected chi connectivity index (χ2v) is 6.39. The van der Waals surface area contributed by atoms with Crippen molar-refractivity contribution in [3.8, 4) is 0 Å². The molecule has 2 rings (SSSR count). The van der Waals surface area contributed by atoms with Crippen molar-refractivity contribution in [1.82, 2.24) is 0 Å². The molecule has 0 unspecified atom stereocenters. The van der Waals surface area contributed by atoms with E-state index in [4.69, 9.17) is 5.73 Å². The van der Waals surface area contributed by atoms with Crippen LogP contribution in [-0.4, -0.2) is 14.2 Å². The summed E-state index contributed by atoms with van der Waals surface area (Å²) >= 11 is 0. The average Bonchev–Trinajstić information content (AvgIpc) is 2.39. The van der Waals surface area contributed by atoms with E-state index in [-0.39, 0.29) is 10.5 Å². The Morgan fingerprint density at radius 1 is 0.950 bits per heavy atom. The van der Waals surface area contributed by atoms with Gasteiger partial charge in [0.05, 0.1) is 4.90 Å². The zero-order chi connectivity index (χ0) is 14.8. The maximum absolute atomic E-state index is 14.0. The molecule has 0 heterocycles. The van der Waals surface area contributed by atoms with Gasteiger partial charge in [-0.15, -0.1) is 0 Å². The van der Waals surface area contributed by atoms with Gasteiger partial charge in [0.25, 0.3) is 5.92 Å². The highest BCUT2D eigenvalue weighted by molar-refractivity contribution is 7.91. The van der Waals surface area contributed by atoms with Gasteiger partial charge in [-0.05, 0) is 24.3 Å². The van der Waals surface area contributed by atoms with E-state index >= 15 is 0 Å². The molecule has 6 heteroatoms. The van der Waals surface area contributed by atoms with Crippen LogP contribution in [0.3, 0.4) is 0 Å². The minimum Gasteiger partial charge on any atom is -0.399 e. The molecule has 0 saturated heterocycles. The third-order valence-corrected chi connectivity index (χ3v) is 4.54. The molecule has 2 aromatic rings. The van der Waals surface area contributed by atoms with Gasteiger partial charge < -0.3 is 5.73 Å². The van der Waals surface area contributed by atoms with Gasteiger partial charge in [0.2, 0.25) is 0 Å². The van der Waals surface area contributed by atoms with Gasteiger partial charge in [0.15, 0.2) is 9.84 Å². The largest absolute Gasteiger partial charge is 0.399 e. The molecule has 0 aliphatic heterocycles. The first kappa shape index (κ1) is 14.5. The van der Waals surface area contributed by atoms with Crippen LogP contribution in [0.4, 0.5) is 14.5 Å². The Balaban J connectivity index is 2.30. The summed E-state index contributed by atoms with van der Waals surface area (Å²) in [6.07, 6.45) is 0. The Bertz CT molecular complexity index is 683. The Morgan fingerprint density at radius 3 is 2.05 bits per heavy atom. The van der Waals surface area contributed by atoms with Crippen molar-refractivity contribution in [3.05, 3.63) is 60.2 Å². The number of rotatable bonds is 4. The van der Waals surface area contributed by atoms with Crippen LogP contribution in [0.15, 0.2) is 59.5 Å². The SMILES string of the molecule is Nc1ccc(S(=O)(=O)CC(F)(F)c2ccccc2)cc1. The van der Waals surface area contributed by atoms with Gasteiger partial charge in [-0.25, -0.2) is 17.2 Å². The van der Waals surface area contributed by atoms with Gasteiger partial charge in [-0.2, -0.15) is 0 Å². The molecule has 3 nitrogen and oxygen atoms in total. The molecule has 20 heavy (non-hydrogen) atoms. The third kappa shape index (κ3) is 3.14. The molecule has 0 aliphatic rings. The molecular formula is C14H13F2NO2S.